The predicted octanol–water partition coefficient (Wildman–Crippen LogP) is 5.14. The number of ether oxygens (including phenoxy) is 2. The van der Waals surface area contributed by atoms with Gasteiger partial charge in [0.2, 0.25) is 0 Å². The molecule has 2 fully saturated rings. The predicted molar refractivity (Wildman–Crippen MR) is 123 cm³/mol. The molecule has 0 radical (unpaired) electrons. The Labute approximate surface area is 195 Å². The lowest BCUT2D eigenvalue weighted by Crippen LogP contribution is -2.18. The summed E-state index contributed by atoms with van der Waals surface area (Å²) in [5.41, 5.74) is 0.918. The summed E-state index contributed by atoms with van der Waals surface area (Å²) in [6.45, 7) is 2.70. The molecule has 5 rings (SSSR count). The van der Waals surface area contributed by atoms with Crippen molar-refractivity contribution in [1.29, 1.82) is 0 Å². The van der Waals surface area contributed by atoms with E-state index in [-0.39, 0.29) is 10.8 Å². The molecule has 0 spiro atoms. The second kappa shape index (κ2) is 8.71. The first-order valence-electron chi connectivity index (χ1n) is 12.2. The lowest BCUT2D eigenvalue weighted by atomic mass is 10.0. The molecule has 2 unspecified atom stereocenters. The second-order valence-corrected chi connectivity index (χ2v) is 9.19. The average Bonchev–Trinajstić information content (AvgIpc) is 3.31. The highest BCUT2D eigenvalue weighted by Gasteiger charge is 2.39. The summed E-state index contributed by atoms with van der Waals surface area (Å²) in [5, 5.41) is 3.68. The van der Waals surface area contributed by atoms with Gasteiger partial charge in [0.05, 0.1) is 28.3 Å². The number of fused-ring (bicyclic) bond motifs is 2. The van der Waals surface area contributed by atoms with Gasteiger partial charge in [0, 0.05) is 30.2 Å². The van der Waals surface area contributed by atoms with Gasteiger partial charge in [-0.3, -0.25) is 0 Å². The molecule has 1 saturated heterocycles. The number of aromatic nitrogens is 2. The Kier molecular flexibility index (Phi) is 4.86. The first-order chi connectivity index (χ1) is 16.6. The topological polar surface area (TPSA) is 59.5 Å². The van der Waals surface area contributed by atoms with Crippen molar-refractivity contribution in [3.05, 3.63) is 47.5 Å². The van der Waals surface area contributed by atoms with Gasteiger partial charge in [0.1, 0.15) is 18.0 Å². The van der Waals surface area contributed by atoms with Gasteiger partial charge in [-0.15, -0.1) is 0 Å². The molecule has 2 aliphatic rings. The van der Waals surface area contributed by atoms with E-state index in [4.69, 9.17) is 25.2 Å². The Hall–Kier alpha value is -2.64. The highest BCUT2D eigenvalue weighted by molar-refractivity contribution is 6.30. The van der Waals surface area contributed by atoms with Crippen molar-refractivity contribution in [2.75, 3.05) is 39.1 Å². The van der Waals surface area contributed by atoms with Crippen LogP contribution >= 0.6 is 11.6 Å². The first kappa shape index (κ1) is 17.9. The molecular weight excluding hydrogens is 431 g/mol. The number of anilines is 2. The number of methoxy groups -OCH3 is 1. The van der Waals surface area contributed by atoms with E-state index in [1.165, 1.54) is 24.5 Å². The SMILES string of the molecule is [2H]C([2H])([2H])Oc1cc2ncnc(Nc3ccc(Cl)c(F)c3)c2cc1OCC1CC2CN(C)CC2C1. The van der Waals surface area contributed by atoms with Crippen LogP contribution in [0.25, 0.3) is 10.9 Å². The van der Waals surface area contributed by atoms with Crippen molar-refractivity contribution < 1.29 is 18.0 Å². The quantitative estimate of drug-likeness (QED) is 0.550. The number of benzene rings is 2. The molecule has 6 nitrogen and oxygen atoms in total. The monoisotopic (exact) mass is 459 g/mol. The molecule has 32 heavy (non-hydrogen) atoms. The van der Waals surface area contributed by atoms with Crippen LogP contribution in [0.1, 0.15) is 17.0 Å². The fourth-order valence-electron chi connectivity index (χ4n) is 5.07. The summed E-state index contributed by atoms with van der Waals surface area (Å²) in [4.78, 5) is 10.9. The van der Waals surface area contributed by atoms with Crippen LogP contribution in [0.3, 0.4) is 0 Å². The van der Waals surface area contributed by atoms with Gasteiger partial charge in [0.25, 0.3) is 0 Å². The third kappa shape index (κ3) is 4.19. The summed E-state index contributed by atoms with van der Waals surface area (Å²) < 4.78 is 48.0. The zero-order valence-electron chi connectivity index (χ0n) is 20.6. The molecule has 168 valence electrons. The highest BCUT2D eigenvalue weighted by atomic mass is 35.5. The number of hydrogen-bond acceptors (Lipinski definition) is 6. The van der Waals surface area contributed by atoms with Crippen LogP contribution in [0.15, 0.2) is 36.7 Å². The van der Waals surface area contributed by atoms with Crippen LogP contribution in [0.2, 0.25) is 5.02 Å². The average molecular weight is 460 g/mol. The van der Waals surface area contributed by atoms with Crippen molar-refractivity contribution in [3.63, 3.8) is 0 Å². The van der Waals surface area contributed by atoms with E-state index in [2.05, 4.69) is 27.2 Å². The Bertz CT molecular complexity index is 1230. The number of rotatable bonds is 6. The minimum absolute atomic E-state index is 0.0212. The van der Waals surface area contributed by atoms with Gasteiger partial charge in [0.15, 0.2) is 11.5 Å². The van der Waals surface area contributed by atoms with E-state index in [1.807, 2.05) is 0 Å². The van der Waals surface area contributed by atoms with Crippen molar-refractivity contribution in [2.24, 2.45) is 17.8 Å². The van der Waals surface area contributed by atoms with Gasteiger partial charge < -0.3 is 19.7 Å². The molecule has 2 heterocycles. The lowest BCUT2D eigenvalue weighted by Gasteiger charge is -2.17. The first-order valence-corrected chi connectivity index (χ1v) is 11.0. The molecular formula is C24H26ClFN4O2. The molecule has 1 aromatic heterocycles. The Morgan fingerprint density at radius 2 is 2.00 bits per heavy atom. The third-order valence-corrected chi connectivity index (χ3v) is 6.81. The summed E-state index contributed by atoms with van der Waals surface area (Å²) in [5.74, 6) is 2.04. The number of halogens is 2. The maximum absolute atomic E-state index is 13.9. The molecule has 0 bridgehead atoms. The zero-order chi connectivity index (χ0) is 24.7. The van der Waals surface area contributed by atoms with E-state index < -0.39 is 12.9 Å². The van der Waals surface area contributed by atoms with E-state index in [9.17, 15) is 4.39 Å². The van der Waals surface area contributed by atoms with Gasteiger partial charge in [-0.2, -0.15) is 0 Å². The highest BCUT2D eigenvalue weighted by Crippen LogP contribution is 2.42. The fraction of sp³-hybridized carbons (Fsp3) is 0.417. The Morgan fingerprint density at radius 3 is 2.75 bits per heavy atom. The molecule has 3 aromatic rings. The standard InChI is InChI=1S/C24H26ClFN4O2/c1-30-10-15-5-14(6-16(15)11-30)12-32-23-8-18-21(9-22(23)31-2)27-13-28-24(18)29-17-3-4-19(25)20(26)7-17/h3-4,7-9,13-16H,5-6,10-12H2,1-2H3,(H,27,28,29)/i2D3. The smallest absolute Gasteiger partial charge is 0.162 e. The largest absolute Gasteiger partial charge is 0.493 e. The molecule has 1 saturated carbocycles. The van der Waals surface area contributed by atoms with Crippen LogP contribution in [-0.4, -0.2) is 48.6 Å². The molecule has 0 amide bonds. The molecule has 8 heteroatoms. The Morgan fingerprint density at radius 1 is 1.19 bits per heavy atom. The van der Waals surface area contributed by atoms with Crippen molar-refractivity contribution in [1.82, 2.24) is 14.9 Å². The van der Waals surface area contributed by atoms with Gasteiger partial charge in [-0.25, -0.2) is 14.4 Å². The molecule has 1 aliphatic carbocycles. The van der Waals surface area contributed by atoms with Gasteiger partial charge in [-0.05, 0) is 61.9 Å². The summed E-state index contributed by atoms with van der Waals surface area (Å²) in [6, 6.07) is 7.57. The summed E-state index contributed by atoms with van der Waals surface area (Å²) in [6.07, 6.45) is 3.52. The minimum atomic E-state index is -2.64. The summed E-state index contributed by atoms with van der Waals surface area (Å²) in [7, 11) is -0.487. The normalized spacial score (nSPS) is 24.6. The van der Waals surface area contributed by atoms with E-state index in [0.717, 1.165) is 25.9 Å². The molecule has 1 aliphatic heterocycles. The van der Waals surface area contributed by atoms with Crippen LogP contribution < -0.4 is 14.8 Å². The lowest BCUT2D eigenvalue weighted by molar-refractivity contribution is 0.227. The zero-order valence-corrected chi connectivity index (χ0v) is 18.4. The Balaban J connectivity index is 1.42. The number of nitrogens with one attached hydrogen (secondary N) is 1. The van der Waals surface area contributed by atoms with Crippen LogP contribution in [0.4, 0.5) is 15.9 Å². The van der Waals surface area contributed by atoms with Crippen LogP contribution in [0, 0.1) is 23.6 Å². The van der Waals surface area contributed by atoms with E-state index >= 15 is 0 Å². The minimum Gasteiger partial charge on any atom is -0.493 e. The number of likely N-dealkylation sites (tertiary alicyclic amines) is 1. The van der Waals surface area contributed by atoms with Crippen molar-refractivity contribution in [3.8, 4) is 11.5 Å². The number of hydrogen-bond donors (Lipinski definition) is 1. The fourth-order valence-corrected chi connectivity index (χ4v) is 5.19. The molecule has 2 aromatic carbocycles. The van der Waals surface area contributed by atoms with Crippen molar-refractivity contribution >= 4 is 34.0 Å². The maximum Gasteiger partial charge on any atom is 0.162 e. The second-order valence-electron chi connectivity index (χ2n) is 8.78. The van der Waals surface area contributed by atoms with Crippen LogP contribution in [-0.2, 0) is 0 Å². The van der Waals surface area contributed by atoms with Crippen LogP contribution in [0.5, 0.6) is 11.5 Å². The molecule has 1 N–H and O–H groups in total. The van der Waals surface area contributed by atoms with Crippen molar-refractivity contribution in [2.45, 2.75) is 12.8 Å². The van der Waals surface area contributed by atoms with Gasteiger partial charge >= 0.3 is 0 Å². The maximum atomic E-state index is 13.9. The third-order valence-electron chi connectivity index (χ3n) is 6.50. The number of nitrogens with zero attached hydrogens (tertiary/aromatic N) is 3. The summed E-state index contributed by atoms with van der Waals surface area (Å²) >= 11 is 5.79. The van der Waals surface area contributed by atoms with Gasteiger partial charge in [-0.1, -0.05) is 11.6 Å². The van der Waals surface area contributed by atoms with E-state index in [1.54, 1.807) is 12.1 Å². The molecule has 2 atom stereocenters. The van der Waals surface area contributed by atoms with E-state index in [0.29, 0.717) is 52.5 Å².